The normalized spacial score (nSPS) is 28.9. The Hall–Kier alpha value is -5.27. The van der Waals surface area contributed by atoms with Crippen LogP contribution in [0.25, 0.3) is 33.5 Å². The van der Waals surface area contributed by atoms with Gasteiger partial charge in [0.1, 0.15) is 54.6 Å². The number of halogens is 1. The number of anilines is 3. The Morgan fingerprint density at radius 3 is 1.99 bits per heavy atom. The first-order valence-electron chi connectivity index (χ1n) is 23.7. The number of ether oxygens (including phenoxy) is 4. The van der Waals surface area contributed by atoms with Crippen molar-refractivity contribution in [1.82, 2.24) is 58.3 Å². The van der Waals surface area contributed by atoms with Crippen LogP contribution in [0.5, 0.6) is 0 Å². The number of hydrogen-bond acceptors (Lipinski definition) is 31. The van der Waals surface area contributed by atoms with Gasteiger partial charge in [-0.05, 0) is 6.42 Å². The molecule has 9 rings (SSSR count). The Bertz CT molecular complexity index is 3840. The highest BCUT2D eigenvalue weighted by atomic mass is 32.2. The number of alkyl halides is 1. The van der Waals surface area contributed by atoms with E-state index in [0.29, 0.717) is 0 Å². The fraction of sp³-hybridized carbons (Fsp3) is 0.583. The van der Waals surface area contributed by atoms with E-state index in [1.807, 2.05) is 0 Å². The van der Waals surface area contributed by atoms with E-state index in [0.717, 1.165) is 39.8 Å². The molecule has 0 aromatic carbocycles. The monoisotopic (exact) mass is 1280 g/mol. The summed E-state index contributed by atoms with van der Waals surface area (Å²) in [5, 5.41) is 33.2. The van der Waals surface area contributed by atoms with Crippen molar-refractivity contribution in [3.8, 4) is 0 Å². The van der Waals surface area contributed by atoms with Crippen LogP contribution in [-0.4, -0.2) is 187 Å². The van der Waals surface area contributed by atoms with E-state index in [2.05, 4.69) is 53.2 Å². The Morgan fingerprint density at radius 1 is 0.747 bits per heavy atom. The van der Waals surface area contributed by atoms with Gasteiger partial charge in [-0.1, -0.05) is 0 Å². The average Bonchev–Trinajstić information content (AvgIpc) is 3.98. The molecule has 3 saturated heterocycles. The number of fused-ring (bicyclic) bond motifs is 3. The SMILES string of the molecule is CO[C@@H]1[C@H](OP(=O)([O-])OC[C@H]2O[C@@H](n3cnc4c(=O)[nH]c(N)nc43)[C@H](O)[C@@H]2O)[C@@H](COP(=O)(O)OP(=O)(O)OP(=O)(O)OC[C@H]2O[C@@H](n3c[n+](C)c4c(=O)[nH]c(N)nc43)[C@H](O)[C@@H]2CNS(=O)(=O)CCCF)O[C@H]1n1cnc2c(N)ncnc21. The molecule has 83 heavy (non-hydrogen) atoms. The lowest BCUT2D eigenvalue weighted by Gasteiger charge is -2.31. The summed E-state index contributed by atoms with van der Waals surface area (Å²) >= 11 is 0. The third-order valence-corrected chi connectivity index (χ3v) is 19.5. The lowest BCUT2D eigenvalue weighted by Crippen LogP contribution is -2.40. The predicted molar refractivity (Wildman–Crippen MR) is 267 cm³/mol. The van der Waals surface area contributed by atoms with Gasteiger partial charge >= 0.3 is 29.0 Å². The van der Waals surface area contributed by atoms with Crippen LogP contribution in [-0.2, 0) is 81.0 Å². The molecule has 16 atom stereocenters. The van der Waals surface area contributed by atoms with Crippen molar-refractivity contribution < 1.29 is 116 Å². The molecule has 458 valence electrons. The maximum atomic E-state index is 13.6. The second kappa shape index (κ2) is 23.9. The summed E-state index contributed by atoms with van der Waals surface area (Å²) in [7, 11) is -25.9. The van der Waals surface area contributed by atoms with Gasteiger partial charge in [0, 0.05) is 19.6 Å². The van der Waals surface area contributed by atoms with Crippen LogP contribution in [0.2, 0.25) is 0 Å². The zero-order chi connectivity index (χ0) is 60.3. The molecule has 3 fully saturated rings. The third-order valence-electron chi connectivity index (χ3n) is 12.8. The number of H-pyrrole nitrogens is 2. The number of nitrogen functional groups attached to an aromatic ring is 3. The van der Waals surface area contributed by atoms with Crippen LogP contribution in [0.1, 0.15) is 25.1 Å². The van der Waals surface area contributed by atoms with Crippen LogP contribution in [0.3, 0.4) is 0 Å². The van der Waals surface area contributed by atoms with Gasteiger partial charge in [0.05, 0.1) is 58.1 Å². The van der Waals surface area contributed by atoms with E-state index in [-0.39, 0.29) is 51.2 Å². The minimum absolute atomic E-state index is 0.0112. The van der Waals surface area contributed by atoms with Crippen molar-refractivity contribution in [3.05, 3.63) is 46.0 Å². The number of imidazole rings is 3. The van der Waals surface area contributed by atoms with Crippen LogP contribution in [0.15, 0.2) is 34.9 Å². The van der Waals surface area contributed by atoms with Crippen molar-refractivity contribution in [1.29, 1.82) is 0 Å². The fourth-order valence-electron chi connectivity index (χ4n) is 9.16. The molecule has 6 aromatic rings. The number of rotatable bonds is 25. The second-order valence-corrected chi connectivity index (χ2v) is 26.3. The van der Waals surface area contributed by atoms with Crippen molar-refractivity contribution in [2.24, 2.45) is 13.0 Å². The van der Waals surface area contributed by atoms with Crippen molar-refractivity contribution >= 4 is 92.5 Å². The Morgan fingerprint density at radius 2 is 1.33 bits per heavy atom. The van der Waals surface area contributed by atoms with E-state index in [9.17, 15) is 75.6 Å². The van der Waals surface area contributed by atoms with Gasteiger partial charge in [-0.15, -0.1) is 0 Å². The predicted octanol–water partition coefficient (Wildman–Crippen LogP) is -4.81. The molecule has 3 aliphatic rings. The van der Waals surface area contributed by atoms with Gasteiger partial charge in [-0.25, -0.2) is 51.3 Å². The number of nitrogens with zero attached hydrogens (tertiary/aromatic N) is 10. The molecule has 0 bridgehead atoms. The number of nitrogens with one attached hydrogen (secondary N) is 3. The first kappa shape index (κ1) is 62.3. The lowest BCUT2D eigenvalue weighted by molar-refractivity contribution is -0.646. The van der Waals surface area contributed by atoms with Gasteiger partial charge in [0.15, 0.2) is 35.1 Å². The van der Waals surface area contributed by atoms with E-state index in [1.54, 1.807) is 0 Å². The van der Waals surface area contributed by atoms with E-state index in [4.69, 9.17) is 54.2 Å². The van der Waals surface area contributed by atoms with E-state index < -0.39 is 171 Å². The number of aliphatic hydroxyl groups excluding tert-OH is 3. The topological polar surface area (TPSA) is 591 Å². The maximum absolute atomic E-state index is 13.6. The standard InChI is InChI=1S/C36H51FN16O25P4S/c1-50-13-53(29-20(50)31(58)49-36(40)47-29)32-21(54)14(6-45-83(67,68)5-3-4-37)15(73-32)7-71-80(61,62)77-82(65,66)78-81(63,64)72-9-17-24(25(69-2)34(75-17)51-11-43-18-26(38)41-10-42-27(18)51)76-79(59,60)70-8-16-22(55)23(56)33(74-16)52-12-44-19-28(52)46-35(39)48-30(19)57/h10-17,21-25,32-34,45,54-56H,3-9H2,1-2H3,(H11-,38,39,40,41,42,46,47,48,49,57,58,59,60,61,62,63,64,65,66)/t14-,15-,16-,17-,21-,22-,23-,24-,25-,32-,33-,34-/m1/s1. The highest BCUT2D eigenvalue weighted by Crippen LogP contribution is 2.68. The number of hydrogen-bond donors (Lipinski definition) is 12. The summed E-state index contributed by atoms with van der Waals surface area (Å²) < 4.78 is 150. The number of methoxy groups -OCH3 is 1. The van der Waals surface area contributed by atoms with Gasteiger partial charge in [0.2, 0.25) is 34.5 Å². The molecule has 3 aliphatic heterocycles. The second-order valence-electron chi connectivity index (χ2n) is 18.3. The number of aromatic nitrogens is 12. The molecular weight excluding hydrogens is 1230 g/mol. The smallest absolute Gasteiger partial charge is 0.490 e. The van der Waals surface area contributed by atoms with Gasteiger partial charge in [-0.2, -0.15) is 23.2 Å². The molecule has 0 spiro atoms. The van der Waals surface area contributed by atoms with E-state index >= 15 is 0 Å². The van der Waals surface area contributed by atoms with Crippen LogP contribution in [0, 0.1) is 5.92 Å². The molecule has 15 N–H and O–H groups in total. The lowest BCUT2D eigenvalue weighted by atomic mass is 9.98. The maximum Gasteiger partial charge on any atom is 0.490 e. The van der Waals surface area contributed by atoms with E-state index in [1.165, 1.54) is 17.9 Å². The molecule has 0 aliphatic carbocycles. The first-order valence-corrected chi connectivity index (χ1v) is 31.3. The van der Waals surface area contributed by atoms with Gasteiger partial charge < -0.3 is 80.1 Å². The third kappa shape index (κ3) is 13.4. The van der Waals surface area contributed by atoms with Crippen LogP contribution < -0.4 is 42.5 Å². The summed E-state index contributed by atoms with van der Waals surface area (Å²) in [5.41, 5.74) is 15.2. The minimum atomic E-state index is -6.32. The number of sulfonamides is 1. The molecule has 0 amide bonds. The summed E-state index contributed by atoms with van der Waals surface area (Å²) in [4.78, 5) is 99.1. The number of phosphoric ester groups is 3. The Labute approximate surface area is 461 Å². The fourth-order valence-corrected chi connectivity index (χ4v) is 14.7. The molecule has 0 saturated carbocycles. The van der Waals surface area contributed by atoms with Gasteiger partial charge in [0.25, 0.3) is 24.5 Å². The summed E-state index contributed by atoms with van der Waals surface area (Å²) in [6, 6.07) is 0. The highest BCUT2D eigenvalue weighted by molar-refractivity contribution is 7.89. The van der Waals surface area contributed by atoms with Crippen LogP contribution >= 0.6 is 31.3 Å². The molecule has 47 heteroatoms. The van der Waals surface area contributed by atoms with Crippen molar-refractivity contribution in [2.75, 3.05) is 63.1 Å². The Kier molecular flexibility index (Phi) is 17.9. The Balaban J connectivity index is 0.880. The number of phosphoric acid groups is 4. The van der Waals surface area contributed by atoms with Crippen molar-refractivity contribution in [3.63, 3.8) is 0 Å². The zero-order valence-electron chi connectivity index (χ0n) is 42.4. The van der Waals surface area contributed by atoms with Crippen molar-refractivity contribution in [2.45, 2.75) is 73.9 Å². The molecule has 9 heterocycles. The number of aromatic amines is 2. The quantitative estimate of drug-likeness (QED) is 0.0189. The molecule has 6 aromatic heterocycles. The molecule has 0 radical (unpaired) electrons. The first-order chi connectivity index (χ1) is 38.9. The average molecular weight is 1280 g/mol. The minimum Gasteiger partial charge on any atom is -0.756 e. The zero-order valence-corrected chi connectivity index (χ0v) is 46.8. The number of aliphatic hydroxyl groups is 3. The number of aryl methyl sites for hydroxylation is 1. The summed E-state index contributed by atoms with van der Waals surface area (Å²) in [6.45, 7) is -5.30. The molecule has 41 nitrogen and oxygen atoms in total. The van der Waals surface area contributed by atoms with Crippen LogP contribution in [0.4, 0.5) is 22.1 Å². The molecular formula is C36H51FN16O25P4S. The summed E-state index contributed by atoms with van der Waals surface area (Å²) in [6.07, 6.45) is -14.9. The number of nitrogens with two attached hydrogens (primary N) is 3. The highest BCUT2D eigenvalue weighted by Gasteiger charge is 2.53. The van der Waals surface area contributed by atoms with Gasteiger partial charge in [-0.3, -0.25) is 46.7 Å². The summed E-state index contributed by atoms with van der Waals surface area (Å²) in [5.74, 6) is -2.95. The largest absolute Gasteiger partial charge is 0.756 e. The molecule has 4 unspecified atom stereocenters.